The number of benzene rings is 3. The Morgan fingerprint density at radius 3 is 1.61 bits per heavy atom. The second-order valence-electron chi connectivity index (χ2n) is 8.04. The lowest BCUT2D eigenvalue weighted by atomic mass is 9.84. The first-order valence-corrected chi connectivity index (χ1v) is 10.1. The quantitative estimate of drug-likeness (QED) is 0.305. The van der Waals surface area contributed by atoms with E-state index in [-0.39, 0.29) is 5.92 Å². The summed E-state index contributed by atoms with van der Waals surface area (Å²) in [5, 5.41) is 2.15. The minimum atomic E-state index is -4.36. The molecule has 0 bridgehead atoms. The van der Waals surface area contributed by atoms with E-state index in [0.29, 0.717) is 0 Å². The lowest BCUT2D eigenvalue weighted by molar-refractivity contribution is -0.137. The smallest absolute Gasteiger partial charge is 0.361 e. The summed E-state index contributed by atoms with van der Waals surface area (Å²) in [5.41, 5.74) is 6.62. The molecule has 2 aromatic heterocycles. The van der Waals surface area contributed by atoms with E-state index in [1.54, 1.807) is 12.1 Å². The Hall–Kier alpha value is -3.47. The molecule has 156 valence electrons. The van der Waals surface area contributed by atoms with Gasteiger partial charge >= 0.3 is 6.18 Å². The number of halogens is 3. The molecule has 0 aliphatic carbocycles. The average molecular weight is 418 g/mol. The molecule has 5 heteroatoms. The average Bonchev–Trinajstić information content (AvgIpc) is 3.35. The van der Waals surface area contributed by atoms with Crippen molar-refractivity contribution in [2.45, 2.75) is 25.9 Å². The highest BCUT2D eigenvalue weighted by atomic mass is 19.4. The number of aromatic amines is 2. The lowest BCUT2D eigenvalue weighted by Gasteiger charge is -2.18. The summed E-state index contributed by atoms with van der Waals surface area (Å²) in [6, 6.07) is 17.8. The Labute approximate surface area is 177 Å². The highest BCUT2D eigenvalue weighted by molar-refractivity contribution is 5.91. The molecule has 3 aromatic carbocycles. The number of rotatable bonds is 3. The number of hydrogen-bond acceptors (Lipinski definition) is 0. The summed E-state index contributed by atoms with van der Waals surface area (Å²) in [5.74, 6) is -0.214. The van der Waals surface area contributed by atoms with Crippen LogP contribution in [0, 0.1) is 13.8 Å². The van der Waals surface area contributed by atoms with Crippen molar-refractivity contribution in [3.63, 3.8) is 0 Å². The molecule has 0 saturated carbocycles. The fourth-order valence-electron chi connectivity index (χ4n) is 4.52. The van der Waals surface area contributed by atoms with Crippen molar-refractivity contribution in [1.29, 1.82) is 0 Å². The Morgan fingerprint density at radius 2 is 1.16 bits per heavy atom. The van der Waals surface area contributed by atoms with Crippen LogP contribution in [0.1, 0.15) is 39.3 Å². The van der Waals surface area contributed by atoms with Gasteiger partial charge in [-0.05, 0) is 53.8 Å². The Bertz CT molecular complexity index is 1310. The van der Waals surface area contributed by atoms with Gasteiger partial charge < -0.3 is 9.97 Å². The minimum Gasteiger partial charge on any atom is -0.361 e. The molecule has 0 fully saturated rings. The molecule has 5 aromatic rings. The summed E-state index contributed by atoms with van der Waals surface area (Å²) in [6.07, 6.45) is -0.396. The van der Waals surface area contributed by atoms with E-state index in [2.05, 4.69) is 22.1 Å². The van der Waals surface area contributed by atoms with Crippen molar-refractivity contribution >= 4 is 21.8 Å². The minimum absolute atomic E-state index is 0.214. The largest absolute Gasteiger partial charge is 0.416 e. The zero-order valence-corrected chi connectivity index (χ0v) is 17.1. The number of alkyl halides is 3. The molecule has 0 atom stereocenters. The van der Waals surface area contributed by atoms with Gasteiger partial charge in [0.05, 0.1) is 5.56 Å². The summed E-state index contributed by atoms with van der Waals surface area (Å²) >= 11 is 0. The predicted octanol–water partition coefficient (Wildman–Crippen LogP) is 7.47. The van der Waals surface area contributed by atoms with Gasteiger partial charge in [0.2, 0.25) is 0 Å². The fourth-order valence-corrected chi connectivity index (χ4v) is 4.52. The van der Waals surface area contributed by atoms with Crippen LogP contribution in [0.25, 0.3) is 21.8 Å². The van der Waals surface area contributed by atoms with Gasteiger partial charge in [-0.15, -0.1) is 0 Å². The van der Waals surface area contributed by atoms with E-state index < -0.39 is 11.7 Å². The van der Waals surface area contributed by atoms with Crippen molar-refractivity contribution in [3.8, 4) is 0 Å². The van der Waals surface area contributed by atoms with Gasteiger partial charge in [0.15, 0.2) is 0 Å². The predicted molar refractivity (Wildman–Crippen MR) is 118 cm³/mol. The number of H-pyrrole nitrogens is 2. The third-order valence-corrected chi connectivity index (χ3v) is 6.10. The first-order valence-electron chi connectivity index (χ1n) is 10.1. The topological polar surface area (TPSA) is 31.6 Å². The number of fused-ring (bicyclic) bond motifs is 2. The van der Waals surface area contributed by atoms with Crippen LogP contribution in [-0.4, -0.2) is 9.97 Å². The monoisotopic (exact) mass is 418 g/mol. The maximum atomic E-state index is 13.2. The van der Waals surface area contributed by atoms with Gasteiger partial charge in [-0.3, -0.25) is 0 Å². The van der Waals surface area contributed by atoms with Crippen LogP contribution in [0.5, 0.6) is 0 Å². The summed E-state index contributed by atoms with van der Waals surface area (Å²) in [6.45, 7) is 4.09. The maximum absolute atomic E-state index is 13.2. The van der Waals surface area contributed by atoms with E-state index in [4.69, 9.17) is 0 Å². The third kappa shape index (κ3) is 3.21. The molecule has 2 heterocycles. The van der Waals surface area contributed by atoms with E-state index >= 15 is 0 Å². The van der Waals surface area contributed by atoms with Crippen LogP contribution in [-0.2, 0) is 6.18 Å². The maximum Gasteiger partial charge on any atom is 0.416 e. The van der Waals surface area contributed by atoms with E-state index in [9.17, 15) is 13.2 Å². The zero-order valence-electron chi connectivity index (χ0n) is 17.1. The molecule has 5 rings (SSSR count). The van der Waals surface area contributed by atoms with Gasteiger partial charge in [-0.1, -0.05) is 48.5 Å². The van der Waals surface area contributed by atoms with Crippen LogP contribution in [0.2, 0.25) is 0 Å². The SMILES string of the molecule is Cc1cccc2c(C(c3ccc(C(F)(F)F)cc3)c3c[nH]c4c(C)cccc34)c[nH]c12. The number of aromatic nitrogens is 2. The third-order valence-electron chi connectivity index (χ3n) is 6.10. The van der Waals surface area contributed by atoms with E-state index in [0.717, 1.165) is 49.6 Å². The van der Waals surface area contributed by atoms with E-state index in [1.807, 2.05) is 50.5 Å². The highest BCUT2D eigenvalue weighted by Crippen LogP contribution is 2.41. The summed E-state index contributed by atoms with van der Waals surface area (Å²) in [4.78, 5) is 6.75. The van der Waals surface area contributed by atoms with Crippen molar-refractivity contribution in [3.05, 3.63) is 106 Å². The first-order chi connectivity index (χ1) is 14.8. The van der Waals surface area contributed by atoms with Crippen LogP contribution in [0.4, 0.5) is 13.2 Å². The molecule has 2 nitrogen and oxygen atoms in total. The second kappa shape index (κ2) is 7.05. The van der Waals surface area contributed by atoms with Crippen molar-refractivity contribution in [2.24, 2.45) is 0 Å². The van der Waals surface area contributed by atoms with Crippen molar-refractivity contribution in [1.82, 2.24) is 9.97 Å². The zero-order chi connectivity index (χ0) is 21.8. The van der Waals surface area contributed by atoms with Gasteiger partial charge in [-0.25, -0.2) is 0 Å². The molecule has 0 aliphatic heterocycles. The summed E-state index contributed by atoms with van der Waals surface area (Å²) < 4.78 is 39.5. The van der Waals surface area contributed by atoms with Crippen LogP contribution in [0.15, 0.2) is 73.1 Å². The Balaban J connectivity index is 1.76. The molecule has 31 heavy (non-hydrogen) atoms. The lowest BCUT2D eigenvalue weighted by Crippen LogP contribution is -2.07. The van der Waals surface area contributed by atoms with Gasteiger partial charge in [0, 0.05) is 40.1 Å². The number of para-hydroxylation sites is 2. The van der Waals surface area contributed by atoms with Crippen LogP contribution in [0.3, 0.4) is 0 Å². The number of aryl methyl sites for hydroxylation is 2. The Morgan fingerprint density at radius 1 is 0.677 bits per heavy atom. The number of nitrogens with one attached hydrogen (secondary N) is 2. The molecule has 0 amide bonds. The molecular formula is C26H21F3N2. The summed E-state index contributed by atoms with van der Waals surface area (Å²) in [7, 11) is 0. The van der Waals surface area contributed by atoms with Crippen LogP contribution < -0.4 is 0 Å². The molecule has 0 spiro atoms. The number of hydrogen-bond donors (Lipinski definition) is 2. The van der Waals surface area contributed by atoms with Crippen molar-refractivity contribution < 1.29 is 13.2 Å². The molecular weight excluding hydrogens is 397 g/mol. The van der Waals surface area contributed by atoms with Crippen LogP contribution >= 0.6 is 0 Å². The normalized spacial score (nSPS) is 12.3. The van der Waals surface area contributed by atoms with Crippen molar-refractivity contribution in [2.75, 3.05) is 0 Å². The van der Waals surface area contributed by atoms with Gasteiger partial charge in [0.1, 0.15) is 0 Å². The molecule has 0 saturated heterocycles. The molecule has 2 N–H and O–H groups in total. The van der Waals surface area contributed by atoms with E-state index in [1.165, 1.54) is 12.1 Å². The standard InChI is InChI=1S/C26H21F3N2/c1-15-5-3-7-19-21(13-30-24(15)19)23(17-9-11-18(12-10-17)26(27,28)29)22-14-31-25-16(2)6-4-8-20(22)25/h3-14,23,30-31H,1-2H3. The second-order valence-corrected chi connectivity index (χ2v) is 8.04. The van der Waals surface area contributed by atoms with Gasteiger partial charge in [0.25, 0.3) is 0 Å². The fraction of sp³-hybridized carbons (Fsp3) is 0.154. The molecule has 0 radical (unpaired) electrons. The van der Waals surface area contributed by atoms with Gasteiger partial charge in [-0.2, -0.15) is 13.2 Å². The first kappa shape index (κ1) is 19.5. The molecule has 0 aliphatic rings. The molecule has 0 unspecified atom stereocenters. The highest BCUT2D eigenvalue weighted by Gasteiger charge is 2.31. The Kier molecular flexibility index (Phi) is 4.43.